The summed E-state index contributed by atoms with van der Waals surface area (Å²) in [6.07, 6.45) is 6.27. The van der Waals surface area contributed by atoms with Gasteiger partial charge in [-0.25, -0.2) is 18.9 Å². The molecule has 122 valence electrons. The standard InChI is InChI=1S/C15H13FN6O2/c16-10-3-4-12-19-15(21-22(12)7-10)20-14(23)11-5-18-13(6-17-11)24-8-9-1-2-9/h3-7,9H,1-2,8H2,(H,20,21,23). The van der Waals surface area contributed by atoms with Gasteiger partial charge in [0.15, 0.2) is 5.65 Å². The summed E-state index contributed by atoms with van der Waals surface area (Å²) in [5.41, 5.74) is 0.528. The number of pyridine rings is 1. The Morgan fingerprint density at radius 3 is 2.96 bits per heavy atom. The average Bonchev–Trinajstić information content (AvgIpc) is 3.33. The van der Waals surface area contributed by atoms with Gasteiger partial charge in [0.25, 0.3) is 5.91 Å². The molecule has 1 amide bonds. The predicted molar refractivity (Wildman–Crippen MR) is 81.1 cm³/mol. The van der Waals surface area contributed by atoms with Crippen LogP contribution in [0.1, 0.15) is 23.3 Å². The van der Waals surface area contributed by atoms with E-state index in [1.165, 1.54) is 48.1 Å². The number of carbonyl (C=O) groups is 1. The van der Waals surface area contributed by atoms with Crippen LogP contribution < -0.4 is 10.1 Å². The number of anilines is 1. The molecule has 3 heterocycles. The molecule has 0 atom stereocenters. The molecule has 1 saturated carbocycles. The second-order valence-corrected chi connectivity index (χ2v) is 5.53. The van der Waals surface area contributed by atoms with Gasteiger partial charge in [-0.3, -0.25) is 10.1 Å². The first-order chi connectivity index (χ1) is 11.7. The van der Waals surface area contributed by atoms with Crippen LogP contribution in [-0.2, 0) is 0 Å². The Kier molecular flexibility index (Phi) is 3.52. The van der Waals surface area contributed by atoms with Crippen molar-refractivity contribution in [3.8, 4) is 5.88 Å². The fourth-order valence-corrected chi connectivity index (χ4v) is 2.07. The Balaban J connectivity index is 1.44. The van der Waals surface area contributed by atoms with Crippen LogP contribution in [-0.4, -0.2) is 37.1 Å². The largest absolute Gasteiger partial charge is 0.476 e. The smallest absolute Gasteiger partial charge is 0.278 e. The topological polar surface area (TPSA) is 94.3 Å². The number of hydrogen-bond donors (Lipinski definition) is 1. The lowest BCUT2D eigenvalue weighted by molar-refractivity contribution is 0.102. The third-order valence-electron chi connectivity index (χ3n) is 3.54. The molecule has 0 unspecified atom stereocenters. The Morgan fingerprint density at radius 2 is 2.21 bits per heavy atom. The molecule has 1 N–H and O–H groups in total. The van der Waals surface area contributed by atoms with Crippen LogP contribution in [0.2, 0.25) is 0 Å². The van der Waals surface area contributed by atoms with E-state index < -0.39 is 11.7 Å². The number of halogens is 1. The number of fused-ring (bicyclic) bond motifs is 1. The highest BCUT2D eigenvalue weighted by atomic mass is 19.1. The quantitative estimate of drug-likeness (QED) is 0.766. The summed E-state index contributed by atoms with van der Waals surface area (Å²) < 4.78 is 19.8. The van der Waals surface area contributed by atoms with Crippen LogP contribution in [0.15, 0.2) is 30.7 Å². The first-order valence-corrected chi connectivity index (χ1v) is 7.45. The van der Waals surface area contributed by atoms with Crippen LogP contribution in [0, 0.1) is 11.7 Å². The van der Waals surface area contributed by atoms with Gasteiger partial charge in [0.05, 0.1) is 25.2 Å². The number of amides is 1. The Bertz CT molecular complexity index is 891. The SMILES string of the molecule is O=C(Nc1nc2ccc(F)cn2n1)c1cnc(OCC2CC2)cn1. The molecule has 1 fully saturated rings. The Labute approximate surface area is 135 Å². The van der Waals surface area contributed by atoms with Gasteiger partial charge in [0, 0.05) is 0 Å². The van der Waals surface area contributed by atoms with Gasteiger partial charge < -0.3 is 4.74 Å². The number of rotatable bonds is 5. The number of ether oxygens (including phenoxy) is 1. The molecule has 0 radical (unpaired) electrons. The van der Waals surface area contributed by atoms with Gasteiger partial charge in [-0.15, -0.1) is 5.10 Å². The fraction of sp³-hybridized carbons (Fsp3) is 0.267. The molecule has 0 aliphatic heterocycles. The maximum Gasteiger partial charge on any atom is 0.278 e. The van der Waals surface area contributed by atoms with Crippen LogP contribution in [0.25, 0.3) is 5.65 Å². The highest BCUT2D eigenvalue weighted by molar-refractivity contribution is 6.01. The molecular formula is C15H13FN6O2. The zero-order valence-electron chi connectivity index (χ0n) is 12.5. The number of nitrogens with zero attached hydrogens (tertiary/aromatic N) is 5. The summed E-state index contributed by atoms with van der Waals surface area (Å²) in [7, 11) is 0. The maximum atomic E-state index is 13.1. The Morgan fingerprint density at radius 1 is 1.33 bits per heavy atom. The lowest BCUT2D eigenvalue weighted by Crippen LogP contribution is -2.15. The van der Waals surface area contributed by atoms with Crippen molar-refractivity contribution in [2.45, 2.75) is 12.8 Å². The third-order valence-corrected chi connectivity index (χ3v) is 3.54. The van der Waals surface area contributed by atoms with E-state index in [9.17, 15) is 9.18 Å². The summed E-state index contributed by atoms with van der Waals surface area (Å²) >= 11 is 0. The minimum absolute atomic E-state index is 0.0569. The number of carbonyl (C=O) groups excluding carboxylic acids is 1. The van der Waals surface area contributed by atoms with Crippen molar-refractivity contribution >= 4 is 17.5 Å². The highest BCUT2D eigenvalue weighted by Crippen LogP contribution is 2.29. The van der Waals surface area contributed by atoms with Crippen molar-refractivity contribution < 1.29 is 13.9 Å². The lowest BCUT2D eigenvalue weighted by atomic mass is 10.4. The van der Waals surface area contributed by atoms with Crippen LogP contribution in [0.4, 0.5) is 10.3 Å². The molecule has 1 aliphatic rings. The van der Waals surface area contributed by atoms with Crippen molar-refractivity contribution in [1.82, 2.24) is 24.6 Å². The Hall–Kier alpha value is -3.10. The number of nitrogens with one attached hydrogen (secondary N) is 1. The summed E-state index contributed by atoms with van der Waals surface area (Å²) in [4.78, 5) is 24.3. The van der Waals surface area contributed by atoms with E-state index >= 15 is 0 Å². The highest BCUT2D eigenvalue weighted by Gasteiger charge is 2.22. The molecule has 4 rings (SSSR count). The van der Waals surface area contributed by atoms with Gasteiger partial charge in [-0.05, 0) is 30.9 Å². The van der Waals surface area contributed by atoms with Gasteiger partial charge in [-0.2, -0.15) is 4.98 Å². The van der Waals surface area contributed by atoms with Crippen LogP contribution in [0.5, 0.6) is 5.88 Å². The van der Waals surface area contributed by atoms with Gasteiger partial charge in [0.1, 0.15) is 11.5 Å². The second kappa shape index (κ2) is 5.84. The van der Waals surface area contributed by atoms with E-state index in [0.717, 1.165) is 0 Å². The molecule has 3 aromatic heterocycles. The van der Waals surface area contributed by atoms with Gasteiger partial charge in [0.2, 0.25) is 11.8 Å². The zero-order valence-corrected chi connectivity index (χ0v) is 12.5. The molecule has 1 aliphatic carbocycles. The molecule has 8 nitrogen and oxygen atoms in total. The predicted octanol–water partition coefficient (Wildman–Crippen LogP) is 1.70. The third kappa shape index (κ3) is 3.14. The van der Waals surface area contributed by atoms with Gasteiger partial charge in [-0.1, -0.05) is 0 Å². The van der Waals surface area contributed by atoms with E-state index in [2.05, 4.69) is 25.4 Å². The minimum Gasteiger partial charge on any atom is -0.476 e. The molecular weight excluding hydrogens is 315 g/mol. The summed E-state index contributed by atoms with van der Waals surface area (Å²) in [5.74, 6) is 0.104. The van der Waals surface area contributed by atoms with Crippen molar-refractivity contribution in [3.63, 3.8) is 0 Å². The van der Waals surface area contributed by atoms with Crippen molar-refractivity contribution in [1.29, 1.82) is 0 Å². The monoisotopic (exact) mass is 328 g/mol. The van der Waals surface area contributed by atoms with Crippen molar-refractivity contribution in [2.75, 3.05) is 11.9 Å². The second-order valence-electron chi connectivity index (χ2n) is 5.53. The van der Waals surface area contributed by atoms with Crippen molar-refractivity contribution in [3.05, 3.63) is 42.2 Å². The first kappa shape index (κ1) is 14.5. The summed E-state index contributed by atoms with van der Waals surface area (Å²) in [6, 6.07) is 2.73. The molecule has 3 aromatic rings. The molecule has 9 heteroatoms. The zero-order chi connectivity index (χ0) is 16.5. The van der Waals surface area contributed by atoms with E-state index in [4.69, 9.17) is 4.74 Å². The summed E-state index contributed by atoms with van der Waals surface area (Å²) in [6.45, 7) is 0.627. The molecule has 0 spiro atoms. The fourth-order valence-electron chi connectivity index (χ4n) is 2.07. The van der Waals surface area contributed by atoms with E-state index in [1.54, 1.807) is 0 Å². The number of hydrogen-bond acceptors (Lipinski definition) is 6. The normalized spacial score (nSPS) is 13.9. The van der Waals surface area contributed by atoms with Crippen LogP contribution >= 0.6 is 0 Å². The summed E-state index contributed by atoms with van der Waals surface area (Å²) in [5, 5.41) is 6.47. The van der Waals surface area contributed by atoms with Gasteiger partial charge >= 0.3 is 0 Å². The van der Waals surface area contributed by atoms with E-state index in [0.29, 0.717) is 24.1 Å². The maximum absolute atomic E-state index is 13.1. The van der Waals surface area contributed by atoms with E-state index in [1.807, 2.05) is 0 Å². The van der Waals surface area contributed by atoms with Crippen LogP contribution in [0.3, 0.4) is 0 Å². The molecule has 0 aromatic carbocycles. The van der Waals surface area contributed by atoms with E-state index in [-0.39, 0.29) is 11.6 Å². The minimum atomic E-state index is -0.507. The lowest BCUT2D eigenvalue weighted by Gasteiger charge is -2.04. The van der Waals surface area contributed by atoms with Crippen molar-refractivity contribution in [2.24, 2.45) is 5.92 Å². The first-order valence-electron chi connectivity index (χ1n) is 7.45. The molecule has 0 saturated heterocycles. The average molecular weight is 328 g/mol. The number of aromatic nitrogens is 5. The molecule has 0 bridgehead atoms. The molecule has 24 heavy (non-hydrogen) atoms.